The van der Waals surface area contributed by atoms with Crippen LogP contribution in [0.25, 0.3) is 0 Å². The number of nitrogens with zero attached hydrogens (tertiary/aromatic N) is 2. The van der Waals surface area contributed by atoms with Gasteiger partial charge in [0.1, 0.15) is 6.54 Å². The van der Waals surface area contributed by atoms with Gasteiger partial charge < -0.3 is 11.1 Å². The molecule has 1 fully saturated rings. The minimum absolute atomic E-state index is 0.0777. The third kappa shape index (κ3) is 3.47. The number of piperidine rings is 1. The number of nitrogens with two attached hydrogens (primary N) is 1. The predicted octanol–water partition coefficient (Wildman–Crippen LogP) is -0.172. The van der Waals surface area contributed by atoms with Crippen LogP contribution in [0.5, 0.6) is 0 Å². The molecule has 2 unspecified atom stereocenters. The van der Waals surface area contributed by atoms with Crippen molar-refractivity contribution in [1.29, 1.82) is 5.26 Å². The van der Waals surface area contributed by atoms with Gasteiger partial charge in [0.25, 0.3) is 0 Å². The molecule has 0 saturated carbocycles. The molecule has 1 amide bonds. The zero-order valence-electron chi connectivity index (χ0n) is 9.78. The van der Waals surface area contributed by atoms with Gasteiger partial charge in [0.05, 0.1) is 12.6 Å². The summed E-state index contributed by atoms with van der Waals surface area (Å²) in [4.78, 5) is 13.7. The summed E-state index contributed by atoms with van der Waals surface area (Å²) in [6.07, 6.45) is 3.35. The fourth-order valence-electron chi connectivity index (χ4n) is 2.24. The summed E-state index contributed by atoms with van der Waals surface area (Å²) in [5, 5.41) is 10.9. The first-order valence-electron chi connectivity index (χ1n) is 5.78. The van der Waals surface area contributed by atoms with Crippen molar-refractivity contribution in [3.8, 4) is 6.07 Å². The lowest BCUT2D eigenvalue weighted by Gasteiger charge is -2.39. The van der Waals surface area contributed by atoms with Crippen molar-refractivity contribution in [2.45, 2.75) is 38.3 Å². The predicted molar refractivity (Wildman–Crippen MR) is 61.5 cm³/mol. The second-order valence-electron chi connectivity index (χ2n) is 4.28. The fraction of sp³-hybridized carbons (Fsp3) is 0.818. The molecule has 3 N–H and O–H groups in total. The highest BCUT2D eigenvalue weighted by Crippen LogP contribution is 2.21. The molecule has 1 aliphatic heterocycles. The van der Waals surface area contributed by atoms with Crippen LogP contribution in [-0.4, -0.2) is 42.5 Å². The average molecular weight is 224 g/mol. The molecule has 0 aliphatic carbocycles. The quantitative estimate of drug-likeness (QED) is 0.649. The first kappa shape index (κ1) is 12.9. The van der Waals surface area contributed by atoms with Crippen molar-refractivity contribution >= 4 is 5.91 Å². The molecule has 0 aromatic rings. The van der Waals surface area contributed by atoms with Crippen LogP contribution in [0.15, 0.2) is 0 Å². The molecule has 5 heteroatoms. The lowest BCUT2D eigenvalue weighted by atomic mass is 9.96. The first-order valence-corrected chi connectivity index (χ1v) is 5.78. The molecule has 5 nitrogen and oxygen atoms in total. The lowest BCUT2D eigenvalue weighted by molar-refractivity contribution is -0.123. The number of hydrogen-bond donors (Lipinski definition) is 2. The molecule has 90 valence electrons. The van der Waals surface area contributed by atoms with Gasteiger partial charge in [-0.15, -0.1) is 0 Å². The summed E-state index contributed by atoms with van der Waals surface area (Å²) >= 11 is 0. The van der Waals surface area contributed by atoms with Gasteiger partial charge in [-0.25, -0.2) is 0 Å². The maximum absolute atomic E-state index is 11.5. The largest absolute Gasteiger partial charge is 0.342 e. The second kappa shape index (κ2) is 6.46. The Labute approximate surface area is 96.6 Å². The SMILES string of the molecule is CC1CCCC(CN)N1CC(=O)NCC#N. The van der Waals surface area contributed by atoms with Crippen molar-refractivity contribution < 1.29 is 4.79 Å². The molecule has 2 atom stereocenters. The van der Waals surface area contributed by atoms with E-state index >= 15 is 0 Å². The molecule has 0 spiro atoms. The molecular weight excluding hydrogens is 204 g/mol. The van der Waals surface area contributed by atoms with Gasteiger partial charge in [-0.3, -0.25) is 9.69 Å². The second-order valence-corrected chi connectivity index (χ2v) is 4.28. The van der Waals surface area contributed by atoms with E-state index in [-0.39, 0.29) is 12.5 Å². The Hall–Kier alpha value is -1.12. The topological polar surface area (TPSA) is 82.2 Å². The van der Waals surface area contributed by atoms with E-state index in [1.165, 1.54) is 6.42 Å². The van der Waals surface area contributed by atoms with Gasteiger partial charge in [-0.2, -0.15) is 5.26 Å². The van der Waals surface area contributed by atoms with Crippen molar-refractivity contribution in [2.24, 2.45) is 5.73 Å². The third-order valence-corrected chi connectivity index (χ3v) is 3.16. The molecule has 1 heterocycles. The zero-order chi connectivity index (χ0) is 12.0. The van der Waals surface area contributed by atoms with E-state index in [2.05, 4.69) is 17.1 Å². The smallest absolute Gasteiger partial charge is 0.235 e. The molecule has 0 aromatic carbocycles. The molecule has 0 bridgehead atoms. The molecule has 1 aliphatic rings. The van der Waals surface area contributed by atoms with E-state index in [1.807, 2.05) is 6.07 Å². The monoisotopic (exact) mass is 224 g/mol. The number of amides is 1. The van der Waals surface area contributed by atoms with Crippen LogP contribution in [0.3, 0.4) is 0 Å². The highest BCUT2D eigenvalue weighted by Gasteiger charge is 2.28. The van der Waals surface area contributed by atoms with Crippen LogP contribution in [0.2, 0.25) is 0 Å². The fourth-order valence-corrected chi connectivity index (χ4v) is 2.24. The average Bonchev–Trinajstić information content (AvgIpc) is 2.29. The van der Waals surface area contributed by atoms with Crippen LogP contribution >= 0.6 is 0 Å². The minimum Gasteiger partial charge on any atom is -0.342 e. The summed E-state index contributed by atoms with van der Waals surface area (Å²) in [5.41, 5.74) is 5.71. The van der Waals surface area contributed by atoms with Gasteiger partial charge >= 0.3 is 0 Å². The van der Waals surface area contributed by atoms with Crippen molar-refractivity contribution in [3.05, 3.63) is 0 Å². The number of nitriles is 1. The van der Waals surface area contributed by atoms with Crippen molar-refractivity contribution in [2.75, 3.05) is 19.6 Å². The maximum atomic E-state index is 11.5. The number of carbonyl (C=O) groups is 1. The van der Waals surface area contributed by atoms with Crippen molar-refractivity contribution in [3.63, 3.8) is 0 Å². The van der Waals surface area contributed by atoms with Gasteiger partial charge in [0.2, 0.25) is 5.91 Å². The Bertz CT molecular complexity index is 274. The van der Waals surface area contributed by atoms with E-state index in [0.29, 0.717) is 25.2 Å². The van der Waals surface area contributed by atoms with E-state index in [0.717, 1.165) is 12.8 Å². The number of likely N-dealkylation sites (tertiary alicyclic amines) is 1. The molecule has 0 radical (unpaired) electrons. The zero-order valence-corrected chi connectivity index (χ0v) is 9.78. The van der Waals surface area contributed by atoms with Crippen LogP contribution in [0.1, 0.15) is 26.2 Å². The number of hydrogen-bond acceptors (Lipinski definition) is 4. The Morgan fingerprint density at radius 1 is 1.62 bits per heavy atom. The molecule has 1 saturated heterocycles. The maximum Gasteiger partial charge on any atom is 0.235 e. The third-order valence-electron chi connectivity index (χ3n) is 3.16. The Morgan fingerprint density at radius 2 is 2.38 bits per heavy atom. The Balaban J connectivity index is 2.48. The van der Waals surface area contributed by atoms with Crippen LogP contribution < -0.4 is 11.1 Å². The van der Waals surface area contributed by atoms with E-state index in [4.69, 9.17) is 11.0 Å². The van der Waals surface area contributed by atoms with Crippen LogP contribution in [0, 0.1) is 11.3 Å². The van der Waals surface area contributed by atoms with Crippen molar-refractivity contribution in [1.82, 2.24) is 10.2 Å². The van der Waals surface area contributed by atoms with E-state index in [9.17, 15) is 4.79 Å². The molecule has 1 rings (SSSR count). The standard InChI is InChI=1S/C11H20N4O/c1-9-3-2-4-10(7-13)15(9)8-11(16)14-6-5-12/h9-10H,2-4,6-8,13H2,1H3,(H,14,16). The first-order chi connectivity index (χ1) is 7.69. The Morgan fingerprint density at radius 3 is 3.00 bits per heavy atom. The summed E-state index contributed by atoms with van der Waals surface area (Å²) in [6.45, 7) is 3.15. The summed E-state index contributed by atoms with van der Waals surface area (Å²) in [6, 6.07) is 2.60. The van der Waals surface area contributed by atoms with Crippen LogP contribution in [-0.2, 0) is 4.79 Å². The highest BCUT2D eigenvalue weighted by atomic mass is 16.2. The molecule has 0 aromatic heterocycles. The van der Waals surface area contributed by atoms with Gasteiger partial charge in [-0.1, -0.05) is 6.42 Å². The Kier molecular flexibility index (Phi) is 5.23. The lowest BCUT2D eigenvalue weighted by Crippen LogP contribution is -2.52. The number of carbonyl (C=O) groups excluding carboxylic acids is 1. The number of rotatable bonds is 4. The normalized spacial score (nSPS) is 26.1. The van der Waals surface area contributed by atoms with Crippen LogP contribution in [0.4, 0.5) is 0 Å². The van der Waals surface area contributed by atoms with Gasteiger partial charge in [0, 0.05) is 18.6 Å². The minimum atomic E-state index is -0.0891. The molecule has 16 heavy (non-hydrogen) atoms. The molecular formula is C11H20N4O. The number of nitrogens with one attached hydrogen (secondary N) is 1. The van der Waals surface area contributed by atoms with Gasteiger partial charge in [-0.05, 0) is 19.8 Å². The summed E-state index contributed by atoms with van der Waals surface area (Å²) in [7, 11) is 0. The summed E-state index contributed by atoms with van der Waals surface area (Å²) in [5.74, 6) is -0.0891. The van der Waals surface area contributed by atoms with E-state index in [1.54, 1.807) is 0 Å². The van der Waals surface area contributed by atoms with E-state index < -0.39 is 0 Å². The summed E-state index contributed by atoms with van der Waals surface area (Å²) < 4.78 is 0. The highest BCUT2D eigenvalue weighted by molar-refractivity contribution is 5.78. The van der Waals surface area contributed by atoms with Gasteiger partial charge in [0.15, 0.2) is 0 Å².